The molecule has 0 atom stereocenters. The Labute approximate surface area is 117 Å². The van der Waals surface area contributed by atoms with Crippen molar-refractivity contribution >= 4 is 11.7 Å². The molecule has 6 nitrogen and oxygen atoms in total. The molecule has 1 aromatic heterocycles. The summed E-state index contributed by atoms with van der Waals surface area (Å²) < 4.78 is 0. The third-order valence-electron chi connectivity index (χ3n) is 2.92. The van der Waals surface area contributed by atoms with Gasteiger partial charge in [0, 0.05) is 13.6 Å². The molecule has 1 aromatic carbocycles. The van der Waals surface area contributed by atoms with E-state index in [2.05, 4.69) is 15.6 Å². The van der Waals surface area contributed by atoms with E-state index in [0.29, 0.717) is 18.1 Å². The van der Waals surface area contributed by atoms with Crippen LogP contribution in [0.3, 0.4) is 0 Å². The molecule has 0 aliphatic carbocycles. The summed E-state index contributed by atoms with van der Waals surface area (Å²) in [6, 6.07) is 11.3. The molecule has 1 heterocycles. The highest BCUT2D eigenvalue weighted by atomic mass is 16.2. The second kappa shape index (κ2) is 6.12. The smallest absolute Gasteiger partial charge is 0.274 e. The number of rotatable bonds is 4. The van der Waals surface area contributed by atoms with Gasteiger partial charge in [-0.2, -0.15) is 0 Å². The fourth-order valence-electron chi connectivity index (χ4n) is 1.76. The Morgan fingerprint density at radius 1 is 1.20 bits per heavy atom. The summed E-state index contributed by atoms with van der Waals surface area (Å²) in [4.78, 5) is 13.8. The fourth-order valence-corrected chi connectivity index (χ4v) is 1.76. The molecule has 0 aliphatic rings. The lowest BCUT2D eigenvalue weighted by Gasteiger charge is -2.16. The van der Waals surface area contributed by atoms with Gasteiger partial charge >= 0.3 is 0 Å². The van der Waals surface area contributed by atoms with Gasteiger partial charge in [-0.1, -0.05) is 29.8 Å². The summed E-state index contributed by atoms with van der Waals surface area (Å²) in [6.45, 7) is 2.55. The molecule has 2 rings (SSSR count). The maximum Gasteiger partial charge on any atom is 0.274 e. The largest absolute Gasteiger partial charge is 0.336 e. The normalized spacial score (nSPS) is 10.2. The standard InChI is InChI=1S/C14H17N5O/c1-10-3-5-11(6-4-10)9-19(2)14(20)12-7-8-13(16-15)18-17-12/h3-8H,9,15H2,1-2H3,(H,16,18). The first-order chi connectivity index (χ1) is 9.60. The molecule has 3 N–H and O–H groups in total. The van der Waals surface area contributed by atoms with Crippen LogP contribution in [0, 0.1) is 6.92 Å². The lowest BCUT2D eigenvalue weighted by Crippen LogP contribution is -2.27. The summed E-state index contributed by atoms with van der Waals surface area (Å²) in [6.07, 6.45) is 0. The van der Waals surface area contributed by atoms with Crippen molar-refractivity contribution in [2.45, 2.75) is 13.5 Å². The molecule has 2 aromatic rings. The number of nitrogens with two attached hydrogens (primary N) is 1. The van der Waals surface area contributed by atoms with Crippen molar-refractivity contribution in [3.8, 4) is 0 Å². The van der Waals surface area contributed by atoms with Crippen LogP contribution >= 0.6 is 0 Å². The second-order valence-corrected chi connectivity index (χ2v) is 4.59. The number of carbonyl (C=O) groups excluding carboxylic acids is 1. The maximum absolute atomic E-state index is 12.2. The van der Waals surface area contributed by atoms with Crippen LogP contribution in [0.25, 0.3) is 0 Å². The molecule has 0 saturated heterocycles. The molecule has 0 bridgehead atoms. The van der Waals surface area contributed by atoms with Gasteiger partial charge in [0.25, 0.3) is 5.91 Å². The van der Waals surface area contributed by atoms with E-state index in [1.54, 1.807) is 24.1 Å². The Balaban J connectivity index is 2.05. The number of anilines is 1. The first kappa shape index (κ1) is 14.0. The van der Waals surface area contributed by atoms with E-state index < -0.39 is 0 Å². The molecule has 1 amide bonds. The van der Waals surface area contributed by atoms with E-state index in [1.807, 2.05) is 31.2 Å². The summed E-state index contributed by atoms with van der Waals surface area (Å²) in [5.41, 5.74) is 4.92. The molecule has 0 spiro atoms. The molecule has 20 heavy (non-hydrogen) atoms. The highest BCUT2D eigenvalue weighted by Crippen LogP contribution is 2.09. The molecule has 104 valence electrons. The maximum atomic E-state index is 12.2. The van der Waals surface area contributed by atoms with Crippen molar-refractivity contribution in [3.05, 3.63) is 53.2 Å². The number of benzene rings is 1. The highest BCUT2D eigenvalue weighted by Gasteiger charge is 2.14. The molecule has 0 radical (unpaired) electrons. The van der Waals surface area contributed by atoms with Gasteiger partial charge in [-0.25, -0.2) is 5.84 Å². The van der Waals surface area contributed by atoms with Crippen molar-refractivity contribution in [2.75, 3.05) is 12.5 Å². The Bertz CT molecular complexity index is 580. The lowest BCUT2D eigenvalue weighted by atomic mass is 10.1. The average molecular weight is 271 g/mol. The number of nitrogens with one attached hydrogen (secondary N) is 1. The molecule has 0 aliphatic heterocycles. The van der Waals surface area contributed by atoms with Crippen molar-refractivity contribution in [3.63, 3.8) is 0 Å². The van der Waals surface area contributed by atoms with E-state index in [9.17, 15) is 4.79 Å². The van der Waals surface area contributed by atoms with Crippen LogP contribution in [0.1, 0.15) is 21.6 Å². The number of hydrogen-bond acceptors (Lipinski definition) is 5. The number of hydrazine groups is 1. The van der Waals surface area contributed by atoms with Crippen molar-refractivity contribution in [1.82, 2.24) is 15.1 Å². The number of nitrogen functional groups attached to an aromatic ring is 1. The van der Waals surface area contributed by atoms with Crippen LogP contribution in [0.5, 0.6) is 0 Å². The number of amides is 1. The minimum atomic E-state index is -0.179. The van der Waals surface area contributed by atoms with E-state index in [0.717, 1.165) is 5.56 Å². The first-order valence-corrected chi connectivity index (χ1v) is 6.21. The molecular formula is C14H17N5O. The minimum absolute atomic E-state index is 0.179. The predicted molar refractivity (Wildman–Crippen MR) is 76.8 cm³/mol. The van der Waals surface area contributed by atoms with E-state index in [-0.39, 0.29) is 5.91 Å². The quantitative estimate of drug-likeness (QED) is 0.647. The summed E-state index contributed by atoms with van der Waals surface area (Å²) in [7, 11) is 1.74. The Morgan fingerprint density at radius 2 is 1.90 bits per heavy atom. The van der Waals surface area contributed by atoms with Crippen LogP contribution in [0.4, 0.5) is 5.82 Å². The number of aromatic nitrogens is 2. The first-order valence-electron chi connectivity index (χ1n) is 6.21. The predicted octanol–water partition coefficient (Wildman–Crippen LogP) is 1.34. The third kappa shape index (κ3) is 3.30. The van der Waals surface area contributed by atoms with Crippen LogP contribution in [-0.4, -0.2) is 28.1 Å². The van der Waals surface area contributed by atoms with Crippen molar-refractivity contribution in [1.29, 1.82) is 0 Å². The van der Waals surface area contributed by atoms with E-state index in [4.69, 9.17) is 5.84 Å². The van der Waals surface area contributed by atoms with Crippen molar-refractivity contribution in [2.24, 2.45) is 5.84 Å². The van der Waals surface area contributed by atoms with Crippen LogP contribution in [0.2, 0.25) is 0 Å². The SMILES string of the molecule is Cc1ccc(CN(C)C(=O)c2ccc(NN)nn2)cc1. The molecule has 0 saturated carbocycles. The van der Waals surface area contributed by atoms with E-state index >= 15 is 0 Å². The minimum Gasteiger partial charge on any atom is -0.336 e. The summed E-state index contributed by atoms with van der Waals surface area (Å²) >= 11 is 0. The van der Waals surface area contributed by atoms with Gasteiger partial charge in [0.05, 0.1) is 0 Å². The van der Waals surface area contributed by atoms with Gasteiger partial charge in [0.2, 0.25) is 0 Å². The lowest BCUT2D eigenvalue weighted by molar-refractivity contribution is 0.0778. The molecule has 6 heteroatoms. The fraction of sp³-hybridized carbons (Fsp3) is 0.214. The number of aryl methyl sites for hydroxylation is 1. The van der Waals surface area contributed by atoms with Gasteiger partial charge in [-0.3, -0.25) is 4.79 Å². The number of carbonyl (C=O) groups is 1. The van der Waals surface area contributed by atoms with Crippen LogP contribution in [-0.2, 0) is 6.54 Å². The Morgan fingerprint density at radius 3 is 2.45 bits per heavy atom. The van der Waals surface area contributed by atoms with Crippen LogP contribution in [0.15, 0.2) is 36.4 Å². The highest BCUT2D eigenvalue weighted by molar-refractivity contribution is 5.92. The molecule has 0 unspecified atom stereocenters. The number of nitrogens with zero attached hydrogens (tertiary/aromatic N) is 3. The Kier molecular flexibility index (Phi) is 4.27. The van der Waals surface area contributed by atoms with Gasteiger partial charge < -0.3 is 10.3 Å². The molecule has 0 fully saturated rings. The van der Waals surface area contributed by atoms with Gasteiger partial charge in [0.1, 0.15) is 0 Å². The van der Waals surface area contributed by atoms with Gasteiger partial charge in [-0.15, -0.1) is 10.2 Å². The Hall–Kier alpha value is -2.47. The summed E-state index contributed by atoms with van der Waals surface area (Å²) in [5.74, 6) is 5.44. The van der Waals surface area contributed by atoms with Crippen LogP contribution < -0.4 is 11.3 Å². The number of hydrogen-bond donors (Lipinski definition) is 2. The average Bonchev–Trinajstić information content (AvgIpc) is 2.49. The zero-order valence-corrected chi connectivity index (χ0v) is 11.5. The second-order valence-electron chi connectivity index (χ2n) is 4.59. The zero-order chi connectivity index (χ0) is 14.5. The molecular weight excluding hydrogens is 254 g/mol. The van der Waals surface area contributed by atoms with Gasteiger partial charge in [0.15, 0.2) is 11.5 Å². The van der Waals surface area contributed by atoms with E-state index in [1.165, 1.54) is 5.56 Å². The van der Waals surface area contributed by atoms with Crippen molar-refractivity contribution < 1.29 is 4.79 Å². The summed E-state index contributed by atoms with van der Waals surface area (Å²) in [5, 5.41) is 7.63. The van der Waals surface area contributed by atoms with Gasteiger partial charge in [-0.05, 0) is 24.6 Å². The third-order valence-corrected chi connectivity index (χ3v) is 2.92. The topological polar surface area (TPSA) is 84.1 Å². The zero-order valence-electron chi connectivity index (χ0n) is 11.5. The monoisotopic (exact) mass is 271 g/mol.